The van der Waals surface area contributed by atoms with E-state index in [2.05, 4.69) is 15.4 Å². The lowest BCUT2D eigenvalue weighted by Gasteiger charge is -2.05. The molecule has 0 atom stereocenters. The van der Waals surface area contributed by atoms with Crippen LogP contribution in [0.3, 0.4) is 0 Å². The first-order valence-electron chi connectivity index (χ1n) is 6.35. The zero-order valence-electron chi connectivity index (χ0n) is 11.4. The maximum absolute atomic E-state index is 11.3. The predicted molar refractivity (Wildman–Crippen MR) is 79.9 cm³/mol. The number of fused-ring (bicyclic) bond motifs is 1. The van der Waals surface area contributed by atoms with E-state index < -0.39 is 9.84 Å². The molecule has 21 heavy (non-hydrogen) atoms. The van der Waals surface area contributed by atoms with Crippen LogP contribution in [-0.4, -0.2) is 29.3 Å². The van der Waals surface area contributed by atoms with Gasteiger partial charge in [-0.25, -0.2) is 17.9 Å². The molecule has 3 rings (SSSR count). The van der Waals surface area contributed by atoms with Crippen molar-refractivity contribution in [2.75, 3.05) is 11.6 Å². The highest BCUT2D eigenvalue weighted by atomic mass is 32.2. The first-order valence-corrected chi connectivity index (χ1v) is 8.24. The van der Waals surface area contributed by atoms with Crippen molar-refractivity contribution in [3.8, 4) is 0 Å². The Balaban J connectivity index is 1.76. The number of aromatic nitrogens is 3. The van der Waals surface area contributed by atoms with E-state index in [1.54, 1.807) is 12.3 Å². The van der Waals surface area contributed by atoms with Gasteiger partial charge in [0, 0.05) is 24.6 Å². The van der Waals surface area contributed by atoms with Gasteiger partial charge in [0.25, 0.3) is 0 Å². The van der Waals surface area contributed by atoms with Crippen LogP contribution < -0.4 is 5.32 Å². The monoisotopic (exact) mass is 302 g/mol. The van der Waals surface area contributed by atoms with Crippen LogP contribution in [0, 0.1) is 0 Å². The summed E-state index contributed by atoms with van der Waals surface area (Å²) in [7, 11) is -3.26. The van der Waals surface area contributed by atoms with Crippen LogP contribution in [0.5, 0.6) is 0 Å². The minimum absolute atomic E-state index is 0.0732. The molecule has 0 saturated carbocycles. The Kier molecular flexibility index (Phi) is 3.34. The lowest BCUT2D eigenvalue weighted by atomic mass is 10.2. The maximum Gasteiger partial charge on any atom is 0.192 e. The summed E-state index contributed by atoms with van der Waals surface area (Å²) in [5.74, 6) is 0. The normalized spacial score (nSPS) is 11.7. The van der Waals surface area contributed by atoms with E-state index >= 15 is 0 Å². The van der Waals surface area contributed by atoms with Gasteiger partial charge in [0.2, 0.25) is 0 Å². The number of rotatable bonds is 4. The lowest BCUT2D eigenvalue weighted by Crippen LogP contribution is -2.03. The Morgan fingerprint density at radius 3 is 2.76 bits per heavy atom. The Morgan fingerprint density at radius 1 is 1.19 bits per heavy atom. The number of anilines is 1. The highest BCUT2D eigenvalue weighted by Gasteiger charge is 2.08. The molecule has 0 saturated heterocycles. The summed E-state index contributed by atoms with van der Waals surface area (Å²) < 4.78 is 24.5. The lowest BCUT2D eigenvalue weighted by molar-refractivity contribution is 0.598. The molecule has 0 bridgehead atoms. The molecular formula is C14H14N4O2S. The molecule has 0 amide bonds. The van der Waals surface area contributed by atoms with Gasteiger partial charge in [-0.05, 0) is 24.3 Å². The van der Waals surface area contributed by atoms with E-state index in [-0.39, 0.29) is 5.03 Å². The van der Waals surface area contributed by atoms with Crippen molar-refractivity contribution in [2.24, 2.45) is 0 Å². The van der Waals surface area contributed by atoms with Crippen molar-refractivity contribution in [3.63, 3.8) is 0 Å². The molecule has 0 unspecified atom stereocenters. The summed E-state index contributed by atoms with van der Waals surface area (Å²) in [6, 6.07) is 9.08. The number of hydrogen-bond acceptors (Lipinski definition) is 5. The second kappa shape index (κ2) is 5.17. The molecule has 3 aromatic rings. The van der Waals surface area contributed by atoms with E-state index in [4.69, 9.17) is 0 Å². The SMILES string of the molecule is CS(=O)(=O)c1ccc(NCc2cnn3ccccc23)cn1. The molecule has 3 heterocycles. The molecule has 0 aliphatic heterocycles. The average Bonchev–Trinajstić information content (AvgIpc) is 2.88. The van der Waals surface area contributed by atoms with Crippen molar-refractivity contribution in [3.05, 3.63) is 54.5 Å². The third-order valence-electron chi connectivity index (χ3n) is 3.11. The summed E-state index contributed by atoms with van der Waals surface area (Å²) >= 11 is 0. The van der Waals surface area contributed by atoms with Crippen LogP contribution in [0.4, 0.5) is 5.69 Å². The van der Waals surface area contributed by atoms with Crippen molar-refractivity contribution < 1.29 is 8.42 Å². The fourth-order valence-corrected chi connectivity index (χ4v) is 2.58. The number of hydrogen-bond donors (Lipinski definition) is 1. The van der Waals surface area contributed by atoms with Crippen molar-refractivity contribution >= 4 is 21.0 Å². The Morgan fingerprint density at radius 2 is 2.05 bits per heavy atom. The van der Waals surface area contributed by atoms with E-state index in [1.165, 1.54) is 12.3 Å². The van der Waals surface area contributed by atoms with Gasteiger partial charge in [-0.1, -0.05) is 6.07 Å². The highest BCUT2D eigenvalue weighted by molar-refractivity contribution is 7.90. The molecule has 3 aromatic heterocycles. The molecule has 0 fully saturated rings. The van der Waals surface area contributed by atoms with Crippen LogP contribution in [0.25, 0.3) is 5.52 Å². The summed E-state index contributed by atoms with van der Waals surface area (Å²) in [6.07, 6.45) is 6.35. The van der Waals surface area contributed by atoms with Gasteiger partial charge in [-0.3, -0.25) is 0 Å². The average molecular weight is 302 g/mol. The molecule has 0 aliphatic carbocycles. The zero-order chi connectivity index (χ0) is 14.9. The zero-order valence-corrected chi connectivity index (χ0v) is 12.2. The Labute approximate surface area is 122 Å². The predicted octanol–water partition coefficient (Wildman–Crippen LogP) is 1.74. The number of pyridine rings is 2. The molecule has 0 radical (unpaired) electrons. The summed E-state index contributed by atoms with van der Waals surface area (Å²) in [6.45, 7) is 0.591. The van der Waals surface area contributed by atoms with Crippen LogP contribution >= 0.6 is 0 Å². The fraction of sp³-hybridized carbons (Fsp3) is 0.143. The van der Waals surface area contributed by atoms with E-state index in [0.717, 1.165) is 23.0 Å². The molecular weight excluding hydrogens is 288 g/mol. The van der Waals surface area contributed by atoms with Gasteiger partial charge >= 0.3 is 0 Å². The second-order valence-electron chi connectivity index (χ2n) is 4.71. The van der Waals surface area contributed by atoms with Crippen molar-refractivity contribution in [1.82, 2.24) is 14.6 Å². The minimum Gasteiger partial charge on any atom is -0.380 e. The topological polar surface area (TPSA) is 76.4 Å². The first kappa shape index (κ1) is 13.6. The number of nitrogens with zero attached hydrogens (tertiary/aromatic N) is 3. The summed E-state index contributed by atoms with van der Waals surface area (Å²) in [5.41, 5.74) is 2.85. The van der Waals surface area contributed by atoms with Crippen LogP contribution in [-0.2, 0) is 16.4 Å². The maximum atomic E-state index is 11.3. The van der Waals surface area contributed by atoms with E-state index in [1.807, 2.05) is 28.9 Å². The second-order valence-corrected chi connectivity index (χ2v) is 6.67. The molecule has 108 valence electrons. The summed E-state index contributed by atoms with van der Waals surface area (Å²) in [5, 5.41) is 7.54. The quantitative estimate of drug-likeness (QED) is 0.794. The van der Waals surface area contributed by atoms with Crippen LogP contribution in [0.1, 0.15) is 5.56 Å². The third-order valence-corrected chi connectivity index (χ3v) is 4.11. The van der Waals surface area contributed by atoms with Gasteiger partial charge in [0.05, 0.1) is 23.6 Å². The smallest absolute Gasteiger partial charge is 0.192 e. The third kappa shape index (κ3) is 2.87. The molecule has 0 spiro atoms. The molecule has 0 aromatic carbocycles. The van der Waals surface area contributed by atoms with Crippen LogP contribution in [0.15, 0.2) is 53.9 Å². The summed E-state index contributed by atoms with van der Waals surface area (Å²) in [4.78, 5) is 3.94. The first-order chi connectivity index (χ1) is 10.0. The fourth-order valence-electron chi connectivity index (χ4n) is 2.03. The largest absolute Gasteiger partial charge is 0.380 e. The van der Waals surface area contributed by atoms with Gasteiger partial charge in [0.15, 0.2) is 14.9 Å². The van der Waals surface area contributed by atoms with Gasteiger partial charge in [0.1, 0.15) is 0 Å². The number of nitrogens with one attached hydrogen (secondary N) is 1. The van der Waals surface area contributed by atoms with Gasteiger partial charge in [-0.15, -0.1) is 0 Å². The Hall–Kier alpha value is -2.41. The molecule has 1 N–H and O–H groups in total. The van der Waals surface area contributed by atoms with Crippen LogP contribution in [0.2, 0.25) is 0 Å². The standard InChI is InChI=1S/C14H14N4O2S/c1-21(19,20)14-6-5-12(10-16-14)15-8-11-9-17-18-7-3-2-4-13(11)18/h2-7,9-10,15H,8H2,1H3. The van der Waals surface area contributed by atoms with Gasteiger partial charge in [-0.2, -0.15) is 5.10 Å². The molecule has 0 aliphatic rings. The van der Waals surface area contributed by atoms with E-state index in [9.17, 15) is 8.42 Å². The Bertz CT molecular complexity index is 869. The molecule has 7 heteroatoms. The minimum atomic E-state index is -3.26. The highest BCUT2D eigenvalue weighted by Crippen LogP contribution is 2.14. The van der Waals surface area contributed by atoms with Crippen molar-refractivity contribution in [2.45, 2.75) is 11.6 Å². The molecule has 6 nitrogen and oxygen atoms in total. The van der Waals surface area contributed by atoms with Crippen molar-refractivity contribution in [1.29, 1.82) is 0 Å². The van der Waals surface area contributed by atoms with Gasteiger partial charge < -0.3 is 5.32 Å². The van der Waals surface area contributed by atoms with E-state index in [0.29, 0.717) is 6.54 Å². The number of sulfone groups is 1.